The maximum atomic E-state index is 13.5. The van der Waals surface area contributed by atoms with Crippen molar-refractivity contribution in [2.75, 3.05) is 32.6 Å². The van der Waals surface area contributed by atoms with E-state index in [2.05, 4.69) is 5.32 Å². The lowest BCUT2D eigenvalue weighted by atomic mass is 10.1. The second-order valence-corrected chi connectivity index (χ2v) is 9.52. The lowest BCUT2D eigenvalue weighted by Gasteiger charge is -2.22. The van der Waals surface area contributed by atoms with Crippen molar-refractivity contribution in [3.63, 3.8) is 0 Å². The van der Waals surface area contributed by atoms with Gasteiger partial charge in [-0.25, -0.2) is 8.42 Å². The van der Waals surface area contributed by atoms with Gasteiger partial charge in [-0.1, -0.05) is 48.0 Å². The Labute approximate surface area is 198 Å². The van der Waals surface area contributed by atoms with Crippen LogP contribution in [0.25, 0.3) is 0 Å². The molecule has 0 spiro atoms. The molecule has 0 aromatic heterocycles. The van der Waals surface area contributed by atoms with Crippen molar-refractivity contribution in [3.8, 4) is 11.5 Å². The molecule has 0 aliphatic rings. The third-order valence-corrected chi connectivity index (χ3v) is 6.99. The lowest BCUT2D eigenvalue weighted by Crippen LogP contribution is -2.39. The number of amides is 1. The highest BCUT2D eigenvalue weighted by Gasteiger charge is 2.27. The molecule has 0 radical (unpaired) electrons. The van der Waals surface area contributed by atoms with E-state index < -0.39 is 15.9 Å². The number of carbonyl (C=O) groups excluding carboxylic acids is 1. The lowest BCUT2D eigenvalue weighted by molar-refractivity contribution is -0.116. The van der Waals surface area contributed by atoms with Gasteiger partial charge in [0, 0.05) is 23.3 Å². The summed E-state index contributed by atoms with van der Waals surface area (Å²) in [5.41, 5.74) is 1.44. The Kier molecular flexibility index (Phi) is 8.32. The molecule has 1 N–H and O–H groups in total. The zero-order valence-corrected chi connectivity index (χ0v) is 19.9. The molecule has 0 unspecified atom stereocenters. The minimum Gasteiger partial charge on any atom is -0.493 e. The maximum Gasteiger partial charge on any atom is 0.243 e. The van der Waals surface area contributed by atoms with Crippen molar-refractivity contribution in [2.24, 2.45) is 0 Å². The highest BCUT2D eigenvalue weighted by atomic mass is 35.5. The van der Waals surface area contributed by atoms with Gasteiger partial charge in [-0.3, -0.25) is 4.79 Å². The van der Waals surface area contributed by atoms with Gasteiger partial charge in [0.15, 0.2) is 11.5 Å². The van der Waals surface area contributed by atoms with Crippen LogP contribution in [0, 0.1) is 0 Å². The van der Waals surface area contributed by atoms with Gasteiger partial charge in [0.1, 0.15) is 0 Å². The molecule has 0 aliphatic heterocycles. The average molecular weight is 489 g/mol. The Morgan fingerprint density at radius 3 is 2.33 bits per heavy atom. The van der Waals surface area contributed by atoms with Gasteiger partial charge in [-0.05, 0) is 42.3 Å². The molecule has 33 heavy (non-hydrogen) atoms. The third kappa shape index (κ3) is 6.47. The molecule has 7 nitrogen and oxygen atoms in total. The predicted octanol–water partition coefficient (Wildman–Crippen LogP) is 4.23. The van der Waals surface area contributed by atoms with Gasteiger partial charge in [0.05, 0.1) is 25.7 Å². The summed E-state index contributed by atoms with van der Waals surface area (Å²) in [7, 11) is -1.11. The molecule has 0 aliphatic carbocycles. The average Bonchev–Trinajstić information content (AvgIpc) is 2.81. The van der Waals surface area contributed by atoms with Crippen molar-refractivity contribution in [3.05, 3.63) is 83.4 Å². The summed E-state index contributed by atoms with van der Waals surface area (Å²) in [6, 6.07) is 20.5. The van der Waals surface area contributed by atoms with Crippen LogP contribution in [-0.4, -0.2) is 45.9 Å². The summed E-state index contributed by atoms with van der Waals surface area (Å²) < 4.78 is 38.6. The number of anilines is 1. The van der Waals surface area contributed by atoms with Crippen molar-refractivity contribution in [2.45, 2.75) is 11.3 Å². The van der Waals surface area contributed by atoms with Crippen LogP contribution in [0.1, 0.15) is 5.56 Å². The van der Waals surface area contributed by atoms with E-state index in [4.69, 9.17) is 21.1 Å². The first-order chi connectivity index (χ1) is 15.8. The first kappa shape index (κ1) is 24.6. The summed E-state index contributed by atoms with van der Waals surface area (Å²) in [5.74, 6) is 0.213. The van der Waals surface area contributed by atoms with E-state index in [-0.39, 0.29) is 23.7 Å². The fourth-order valence-electron chi connectivity index (χ4n) is 3.24. The van der Waals surface area contributed by atoms with Crippen LogP contribution in [0.4, 0.5) is 5.69 Å². The number of benzene rings is 3. The highest BCUT2D eigenvalue weighted by Crippen LogP contribution is 2.30. The number of nitrogens with one attached hydrogen (secondary N) is 1. The molecular formula is C24H25ClN2O5S. The number of sulfonamides is 1. The van der Waals surface area contributed by atoms with E-state index in [0.717, 1.165) is 9.87 Å². The predicted molar refractivity (Wildman–Crippen MR) is 129 cm³/mol. The van der Waals surface area contributed by atoms with Crippen LogP contribution in [0.5, 0.6) is 11.5 Å². The largest absolute Gasteiger partial charge is 0.493 e. The summed E-state index contributed by atoms with van der Waals surface area (Å²) in [4.78, 5) is 12.7. The first-order valence-electron chi connectivity index (χ1n) is 10.1. The molecule has 0 heterocycles. The third-order valence-electron chi connectivity index (χ3n) is 4.91. The minimum absolute atomic E-state index is 0.00349. The van der Waals surface area contributed by atoms with Gasteiger partial charge >= 0.3 is 0 Å². The minimum atomic E-state index is -4.01. The number of halogens is 1. The van der Waals surface area contributed by atoms with Gasteiger partial charge in [0.25, 0.3) is 0 Å². The molecule has 1 amide bonds. The van der Waals surface area contributed by atoms with Gasteiger partial charge in [-0.2, -0.15) is 4.31 Å². The number of carbonyl (C=O) groups is 1. The second-order valence-electron chi connectivity index (χ2n) is 7.15. The van der Waals surface area contributed by atoms with Crippen LogP contribution in [0.15, 0.2) is 77.7 Å². The smallest absolute Gasteiger partial charge is 0.243 e. The molecule has 0 saturated heterocycles. The standard InChI is InChI=1S/C24H25ClN2O5S/c1-31-22-12-11-21(16-23(22)32-2)33(29,30)27(14-13-18-7-4-3-5-8-18)17-24(28)26-20-10-6-9-19(25)15-20/h3-12,15-16H,13-14,17H2,1-2H3,(H,26,28). The van der Waals surface area contributed by atoms with E-state index in [1.807, 2.05) is 30.3 Å². The van der Waals surface area contributed by atoms with Gasteiger partial charge in [0.2, 0.25) is 15.9 Å². The van der Waals surface area contributed by atoms with Crippen molar-refractivity contribution < 1.29 is 22.7 Å². The van der Waals surface area contributed by atoms with Crippen LogP contribution >= 0.6 is 11.6 Å². The maximum absolute atomic E-state index is 13.5. The molecule has 0 atom stereocenters. The van der Waals surface area contributed by atoms with Crippen LogP contribution < -0.4 is 14.8 Å². The van der Waals surface area contributed by atoms with Gasteiger partial charge in [-0.15, -0.1) is 0 Å². The molecule has 3 rings (SSSR count). The molecule has 9 heteroatoms. The Morgan fingerprint density at radius 2 is 1.67 bits per heavy atom. The van der Waals surface area contributed by atoms with Crippen molar-refractivity contribution in [1.29, 1.82) is 0 Å². The monoisotopic (exact) mass is 488 g/mol. The zero-order chi connectivity index (χ0) is 23.8. The highest BCUT2D eigenvalue weighted by molar-refractivity contribution is 7.89. The zero-order valence-electron chi connectivity index (χ0n) is 18.3. The van der Waals surface area contributed by atoms with E-state index in [9.17, 15) is 13.2 Å². The quantitative estimate of drug-likeness (QED) is 0.461. The fourth-order valence-corrected chi connectivity index (χ4v) is 4.84. The summed E-state index contributed by atoms with van der Waals surface area (Å²) in [6.45, 7) is -0.250. The molecule has 0 bridgehead atoms. The fraction of sp³-hybridized carbons (Fsp3) is 0.208. The van der Waals surface area contributed by atoms with E-state index >= 15 is 0 Å². The molecule has 3 aromatic rings. The Morgan fingerprint density at radius 1 is 0.939 bits per heavy atom. The normalized spacial score (nSPS) is 11.3. The number of ether oxygens (including phenoxy) is 2. The number of rotatable bonds is 10. The van der Waals surface area contributed by atoms with E-state index in [1.165, 1.54) is 32.4 Å². The Hall–Kier alpha value is -3.07. The Balaban J connectivity index is 1.87. The Bertz CT molecular complexity index is 1200. The number of methoxy groups -OCH3 is 2. The second kappa shape index (κ2) is 11.2. The first-order valence-corrected chi connectivity index (χ1v) is 12.0. The summed E-state index contributed by atoms with van der Waals surface area (Å²) in [6.07, 6.45) is 0.442. The van der Waals surface area contributed by atoms with Crippen LogP contribution in [0.3, 0.4) is 0 Å². The van der Waals surface area contributed by atoms with Crippen LogP contribution in [-0.2, 0) is 21.2 Å². The summed E-state index contributed by atoms with van der Waals surface area (Å²) in [5, 5.41) is 3.17. The number of hydrogen-bond donors (Lipinski definition) is 1. The topological polar surface area (TPSA) is 84.9 Å². The van der Waals surface area contributed by atoms with Gasteiger partial charge < -0.3 is 14.8 Å². The number of nitrogens with zero attached hydrogens (tertiary/aromatic N) is 1. The molecule has 0 fully saturated rings. The molecular weight excluding hydrogens is 464 g/mol. The molecule has 174 valence electrons. The molecule has 3 aromatic carbocycles. The SMILES string of the molecule is COc1ccc(S(=O)(=O)N(CCc2ccccc2)CC(=O)Nc2cccc(Cl)c2)cc1OC. The molecule has 0 saturated carbocycles. The summed E-state index contributed by atoms with van der Waals surface area (Å²) >= 11 is 5.98. The van der Waals surface area contributed by atoms with Crippen LogP contribution in [0.2, 0.25) is 5.02 Å². The van der Waals surface area contributed by atoms with Crippen molar-refractivity contribution in [1.82, 2.24) is 4.31 Å². The van der Waals surface area contributed by atoms with E-state index in [0.29, 0.717) is 22.9 Å². The van der Waals surface area contributed by atoms with Crippen molar-refractivity contribution >= 4 is 33.2 Å². The number of hydrogen-bond acceptors (Lipinski definition) is 5. The van der Waals surface area contributed by atoms with E-state index in [1.54, 1.807) is 24.3 Å².